The molecule has 0 saturated carbocycles. The van der Waals surface area contributed by atoms with E-state index in [4.69, 9.17) is 5.11 Å². The lowest BCUT2D eigenvalue weighted by molar-refractivity contribution is 0.0684. The van der Waals surface area contributed by atoms with Gasteiger partial charge in [-0.2, -0.15) is 0 Å². The lowest BCUT2D eigenvalue weighted by Crippen LogP contribution is -2.07. The normalized spacial score (nSPS) is 10.8. The summed E-state index contributed by atoms with van der Waals surface area (Å²) in [6.45, 7) is 4.35. The summed E-state index contributed by atoms with van der Waals surface area (Å²) in [5.41, 5.74) is 0.690. The van der Waals surface area contributed by atoms with E-state index in [-0.39, 0.29) is 11.5 Å². The molecule has 118 valence electrons. The summed E-state index contributed by atoms with van der Waals surface area (Å²) in [6.07, 6.45) is 11.4. The summed E-state index contributed by atoms with van der Waals surface area (Å²) in [6, 6.07) is 1.47. The van der Waals surface area contributed by atoms with E-state index in [1.807, 2.05) is 0 Å². The maximum absolute atomic E-state index is 11.3. The molecule has 1 aromatic heterocycles. The summed E-state index contributed by atoms with van der Waals surface area (Å²) in [4.78, 5) is 22.5. The average molecular weight is 293 g/mol. The predicted molar refractivity (Wildman–Crippen MR) is 84.0 cm³/mol. The van der Waals surface area contributed by atoms with Crippen molar-refractivity contribution in [1.82, 2.24) is 4.57 Å². The highest BCUT2D eigenvalue weighted by molar-refractivity contribution is 5.97. The van der Waals surface area contributed by atoms with Gasteiger partial charge in [-0.3, -0.25) is 4.79 Å². The van der Waals surface area contributed by atoms with Gasteiger partial charge in [0, 0.05) is 18.3 Å². The van der Waals surface area contributed by atoms with Gasteiger partial charge in [-0.1, -0.05) is 51.9 Å². The second-order valence-electron chi connectivity index (χ2n) is 5.64. The maximum atomic E-state index is 11.3. The van der Waals surface area contributed by atoms with E-state index in [0.717, 1.165) is 12.8 Å². The zero-order chi connectivity index (χ0) is 15.7. The lowest BCUT2D eigenvalue weighted by Gasteiger charge is -2.06. The molecule has 0 bridgehead atoms. The minimum atomic E-state index is -0.970. The highest BCUT2D eigenvalue weighted by Crippen LogP contribution is 2.13. The number of hydrogen-bond donors (Lipinski definition) is 1. The van der Waals surface area contributed by atoms with Crippen molar-refractivity contribution in [3.05, 3.63) is 23.5 Å². The summed E-state index contributed by atoms with van der Waals surface area (Å²) < 4.78 is 1.69. The van der Waals surface area contributed by atoms with E-state index in [1.165, 1.54) is 51.5 Å². The van der Waals surface area contributed by atoms with Gasteiger partial charge in [-0.15, -0.1) is 0 Å². The van der Waals surface area contributed by atoms with Crippen molar-refractivity contribution in [1.29, 1.82) is 0 Å². The van der Waals surface area contributed by atoms with Gasteiger partial charge < -0.3 is 9.67 Å². The molecule has 1 N–H and O–H groups in total. The minimum absolute atomic E-state index is 0.0906. The third-order valence-electron chi connectivity index (χ3n) is 3.77. The van der Waals surface area contributed by atoms with Gasteiger partial charge in [-0.25, -0.2) is 4.79 Å². The van der Waals surface area contributed by atoms with E-state index >= 15 is 0 Å². The van der Waals surface area contributed by atoms with Crippen LogP contribution in [-0.2, 0) is 6.54 Å². The summed E-state index contributed by atoms with van der Waals surface area (Å²) in [7, 11) is 0. The Morgan fingerprint density at radius 1 is 1.05 bits per heavy atom. The van der Waals surface area contributed by atoms with E-state index in [2.05, 4.69) is 6.92 Å². The molecule has 0 radical (unpaired) electrons. The molecule has 1 heterocycles. The van der Waals surface area contributed by atoms with Crippen molar-refractivity contribution in [3.8, 4) is 0 Å². The topological polar surface area (TPSA) is 59.3 Å². The molecule has 0 aliphatic rings. The van der Waals surface area contributed by atoms with Crippen LogP contribution in [0.1, 0.15) is 86.1 Å². The van der Waals surface area contributed by atoms with Crippen LogP contribution in [0, 0.1) is 0 Å². The Bertz CT molecular complexity index is 463. The summed E-state index contributed by atoms with van der Waals surface area (Å²) in [5, 5.41) is 9.15. The average Bonchev–Trinajstić information content (AvgIpc) is 2.86. The Labute approximate surface area is 127 Å². The number of ketones is 1. The fourth-order valence-corrected chi connectivity index (χ4v) is 2.48. The van der Waals surface area contributed by atoms with E-state index < -0.39 is 5.97 Å². The quantitative estimate of drug-likeness (QED) is 0.481. The molecule has 4 heteroatoms. The number of unbranched alkanes of at least 4 members (excludes halogenated alkanes) is 7. The molecule has 21 heavy (non-hydrogen) atoms. The zero-order valence-corrected chi connectivity index (χ0v) is 13.2. The Morgan fingerprint density at radius 2 is 1.62 bits per heavy atom. The molecule has 0 fully saturated rings. The third-order valence-corrected chi connectivity index (χ3v) is 3.77. The molecular weight excluding hydrogens is 266 g/mol. The number of hydrogen-bond acceptors (Lipinski definition) is 2. The van der Waals surface area contributed by atoms with Crippen LogP contribution in [0.15, 0.2) is 12.3 Å². The first kappa shape index (κ1) is 17.5. The number of carbonyl (C=O) groups is 2. The van der Waals surface area contributed by atoms with Gasteiger partial charge >= 0.3 is 5.97 Å². The van der Waals surface area contributed by atoms with Gasteiger partial charge in [0.2, 0.25) is 0 Å². The SMILES string of the molecule is CCCCCCCCCCn1cc(C(C)=O)cc1C(=O)O. The van der Waals surface area contributed by atoms with Crippen LogP contribution >= 0.6 is 0 Å². The minimum Gasteiger partial charge on any atom is -0.477 e. The fraction of sp³-hybridized carbons (Fsp3) is 0.647. The Morgan fingerprint density at radius 3 is 2.14 bits per heavy atom. The highest BCUT2D eigenvalue weighted by Gasteiger charge is 2.14. The predicted octanol–water partition coefficient (Wildman–Crippen LogP) is 4.53. The summed E-state index contributed by atoms with van der Waals surface area (Å²) in [5.74, 6) is -1.06. The van der Waals surface area contributed by atoms with Gasteiger partial charge in [0.15, 0.2) is 5.78 Å². The number of aromatic nitrogens is 1. The molecular formula is C17H27NO3. The number of aromatic carboxylic acids is 1. The zero-order valence-electron chi connectivity index (χ0n) is 13.2. The number of carbonyl (C=O) groups excluding carboxylic acids is 1. The molecule has 0 saturated heterocycles. The number of carboxylic acids is 1. The van der Waals surface area contributed by atoms with Crippen LogP contribution in [0.5, 0.6) is 0 Å². The largest absolute Gasteiger partial charge is 0.477 e. The van der Waals surface area contributed by atoms with Gasteiger partial charge in [-0.05, 0) is 19.4 Å². The number of rotatable bonds is 11. The molecule has 0 spiro atoms. The maximum Gasteiger partial charge on any atom is 0.352 e. The van der Waals surface area contributed by atoms with Crippen molar-refractivity contribution in [3.63, 3.8) is 0 Å². The Kier molecular flexibility index (Phi) is 7.80. The van der Waals surface area contributed by atoms with Gasteiger partial charge in [0.05, 0.1) is 0 Å². The van der Waals surface area contributed by atoms with Crippen LogP contribution in [-0.4, -0.2) is 21.4 Å². The molecule has 1 rings (SSSR count). The number of aryl methyl sites for hydroxylation is 1. The molecule has 0 unspecified atom stereocenters. The highest BCUT2D eigenvalue weighted by atomic mass is 16.4. The molecule has 0 aliphatic heterocycles. The van der Waals surface area contributed by atoms with Crippen LogP contribution in [0.3, 0.4) is 0 Å². The van der Waals surface area contributed by atoms with Gasteiger partial charge in [0.25, 0.3) is 0 Å². The van der Waals surface area contributed by atoms with Crippen molar-refractivity contribution in [2.45, 2.75) is 71.8 Å². The Balaban J connectivity index is 2.34. The van der Waals surface area contributed by atoms with Crippen molar-refractivity contribution < 1.29 is 14.7 Å². The third kappa shape index (κ3) is 6.15. The molecule has 0 amide bonds. The second-order valence-corrected chi connectivity index (χ2v) is 5.64. The van der Waals surface area contributed by atoms with E-state index in [0.29, 0.717) is 12.1 Å². The number of carboxylic acid groups (broad SMARTS) is 1. The van der Waals surface area contributed by atoms with Crippen molar-refractivity contribution >= 4 is 11.8 Å². The molecule has 0 atom stereocenters. The number of Topliss-reactive ketones (excluding diaryl/α,β-unsaturated/α-hetero) is 1. The van der Waals surface area contributed by atoms with Crippen molar-refractivity contribution in [2.24, 2.45) is 0 Å². The fourth-order valence-electron chi connectivity index (χ4n) is 2.48. The first-order valence-corrected chi connectivity index (χ1v) is 8.00. The van der Waals surface area contributed by atoms with Crippen molar-refractivity contribution in [2.75, 3.05) is 0 Å². The van der Waals surface area contributed by atoms with E-state index in [1.54, 1.807) is 10.8 Å². The smallest absolute Gasteiger partial charge is 0.352 e. The number of nitrogens with zero attached hydrogens (tertiary/aromatic N) is 1. The molecule has 4 nitrogen and oxygen atoms in total. The van der Waals surface area contributed by atoms with E-state index in [9.17, 15) is 9.59 Å². The van der Waals surface area contributed by atoms with Crippen LogP contribution in [0.25, 0.3) is 0 Å². The standard InChI is InChI=1S/C17H27NO3/c1-3-4-5-6-7-8-9-10-11-18-13-15(14(2)19)12-16(18)17(20)21/h12-13H,3-11H2,1-2H3,(H,20,21). The Hall–Kier alpha value is -1.58. The molecule has 0 aromatic carbocycles. The first-order chi connectivity index (χ1) is 10.1. The summed E-state index contributed by atoms with van der Waals surface area (Å²) >= 11 is 0. The van der Waals surface area contributed by atoms with Crippen LogP contribution in [0.2, 0.25) is 0 Å². The second kappa shape index (κ2) is 9.37. The molecule has 1 aromatic rings. The van der Waals surface area contributed by atoms with Crippen LogP contribution in [0.4, 0.5) is 0 Å². The first-order valence-electron chi connectivity index (χ1n) is 8.00. The molecule has 0 aliphatic carbocycles. The monoisotopic (exact) mass is 293 g/mol. The lowest BCUT2D eigenvalue weighted by atomic mass is 10.1. The van der Waals surface area contributed by atoms with Gasteiger partial charge in [0.1, 0.15) is 5.69 Å². The van der Waals surface area contributed by atoms with Crippen LogP contribution < -0.4 is 0 Å².